The first-order valence-electron chi connectivity index (χ1n) is 3.27. The monoisotopic (exact) mass is 165 g/mol. The zero-order chi connectivity index (χ0) is 7.23. The van der Waals surface area contributed by atoms with Crippen LogP contribution in [0.15, 0.2) is 0 Å². The van der Waals surface area contributed by atoms with E-state index in [-0.39, 0.29) is 0 Å². The Labute approximate surface area is 61.8 Å². The van der Waals surface area contributed by atoms with E-state index in [9.17, 15) is 0 Å². The molecule has 0 unspecified atom stereocenters. The molecule has 0 saturated carbocycles. The number of hydrogen-bond donors (Lipinski definition) is 1. The van der Waals surface area contributed by atoms with E-state index >= 15 is 0 Å². The molecule has 0 aromatic carbocycles. The van der Waals surface area contributed by atoms with Crippen LogP contribution in [0.1, 0.15) is 0 Å². The molecule has 60 valence electrons. The van der Waals surface area contributed by atoms with Gasteiger partial charge < -0.3 is 18.9 Å². The van der Waals surface area contributed by atoms with Gasteiger partial charge in [0.25, 0.3) is 0 Å². The normalized spacial score (nSPS) is 20.1. The Morgan fingerprint density at radius 1 is 1.50 bits per heavy atom. The van der Waals surface area contributed by atoms with E-state index in [0.29, 0.717) is 19.8 Å². The topological polar surface area (TPSA) is 39.7 Å². The molecule has 0 spiro atoms. The first-order valence-corrected chi connectivity index (χ1v) is 4.36. The second-order valence-electron chi connectivity index (χ2n) is 1.83. The highest BCUT2D eigenvalue weighted by Gasteiger charge is 2.17. The lowest BCUT2D eigenvalue weighted by Crippen LogP contribution is -2.12. The van der Waals surface area contributed by atoms with Gasteiger partial charge >= 0.3 is 8.60 Å². The fourth-order valence-electron chi connectivity index (χ4n) is 0.558. The van der Waals surface area contributed by atoms with Crippen LogP contribution in [0.3, 0.4) is 0 Å². The predicted octanol–water partition coefficient (Wildman–Crippen LogP) is 0.496. The van der Waals surface area contributed by atoms with Crippen LogP contribution in [-0.4, -0.2) is 33.4 Å². The van der Waals surface area contributed by atoms with Gasteiger partial charge in [0, 0.05) is 6.54 Å². The lowest BCUT2D eigenvalue weighted by molar-refractivity contribution is 0.249. The second-order valence-corrected chi connectivity index (χ2v) is 3.05. The Morgan fingerprint density at radius 3 is 2.80 bits per heavy atom. The van der Waals surface area contributed by atoms with E-state index < -0.39 is 8.60 Å². The fourth-order valence-corrected chi connectivity index (χ4v) is 1.47. The first kappa shape index (κ1) is 8.37. The van der Waals surface area contributed by atoms with Gasteiger partial charge in [-0.2, -0.15) is 0 Å². The summed E-state index contributed by atoms with van der Waals surface area (Å²) < 4.78 is 15.4. The van der Waals surface area contributed by atoms with Crippen LogP contribution in [-0.2, 0) is 13.6 Å². The van der Waals surface area contributed by atoms with Crippen molar-refractivity contribution in [1.29, 1.82) is 0 Å². The molecule has 1 fully saturated rings. The largest absolute Gasteiger partial charge is 0.332 e. The lowest BCUT2D eigenvalue weighted by Gasteiger charge is -2.06. The van der Waals surface area contributed by atoms with Gasteiger partial charge in [0.15, 0.2) is 0 Å². The van der Waals surface area contributed by atoms with Gasteiger partial charge in [0.05, 0.1) is 19.8 Å². The van der Waals surface area contributed by atoms with E-state index in [2.05, 4.69) is 5.32 Å². The van der Waals surface area contributed by atoms with Crippen molar-refractivity contribution < 1.29 is 13.6 Å². The van der Waals surface area contributed by atoms with Gasteiger partial charge in [-0.1, -0.05) is 0 Å². The highest BCUT2D eigenvalue weighted by molar-refractivity contribution is 7.41. The van der Waals surface area contributed by atoms with Crippen LogP contribution in [0.5, 0.6) is 0 Å². The average molecular weight is 165 g/mol. The molecule has 5 heteroatoms. The first-order chi connectivity index (χ1) is 4.93. The average Bonchev–Trinajstić information content (AvgIpc) is 2.41. The summed E-state index contributed by atoms with van der Waals surface area (Å²) in [6, 6.07) is 0. The van der Waals surface area contributed by atoms with Crippen LogP contribution in [0.25, 0.3) is 0 Å². The molecule has 0 bridgehead atoms. The third kappa shape index (κ3) is 2.90. The van der Waals surface area contributed by atoms with Crippen LogP contribution in [0, 0.1) is 0 Å². The van der Waals surface area contributed by atoms with E-state index in [0.717, 1.165) is 6.54 Å². The third-order valence-corrected chi connectivity index (χ3v) is 2.21. The van der Waals surface area contributed by atoms with Gasteiger partial charge in [-0.3, -0.25) is 0 Å². The van der Waals surface area contributed by atoms with Crippen LogP contribution in [0.4, 0.5) is 0 Å². The van der Waals surface area contributed by atoms with Crippen molar-refractivity contribution in [3.8, 4) is 0 Å². The highest BCUT2D eigenvalue weighted by atomic mass is 31.2. The molecule has 1 N–H and O–H groups in total. The van der Waals surface area contributed by atoms with Gasteiger partial charge in [-0.25, -0.2) is 0 Å². The summed E-state index contributed by atoms with van der Waals surface area (Å²) in [5, 5.41) is 2.97. The molecule has 4 nitrogen and oxygen atoms in total. The molecule has 1 rings (SSSR count). The summed E-state index contributed by atoms with van der Waals surface area (Å²) >= 11 is 0. The minimum absolute atomic E-state index is 0.655. The third-order valence-electron chi connectivity index (χ3n) is 1.03. The maximum Gasteiger partial charge on any atom is 0.332 e. The van der Waals surface area contributed by atoms with E-state index in [1.165, 1.54) is 0 Å². The number of nitrogens with one attached hydrogen (secondary N) is 1. The van der Waals surface area contributed by atoms with Crippen molar-refractivity contribution in [2.24, 2.45) is 0 Å². The van der Waals surface area contributed by atoms with Crippen molar-refractivity contribution in [3.63, 3.8) is 0 Å². The molecule has 1 aliphatic heterocycles. The molecule has 0 aromatic heterocycles. The smallest absolute Gasteiger partial charge is 0.317 e. The van der Waals surface area contributed by atoms with Crippen LogP contribution in [0.2, 0.25) is 0 Å². The number of rotatable bonds is 4. The molecule has 0 radical (unpaired) electrons. The maximum atomic E-state index is 5.20. The van der Waals surface area contributed by atoms with Gasteiger partial charge in [-0.05, 0) is 7.05 Å². The molecular weight excluding hydrogens is 153 g/mol. The molecule has 1 saturated heterocycles. The van der Waals surface area contributed by atoms with Gasteiger partial charge in [0.1, 0.15) is 0 Å². The maximum absolute atomic E-state index is 5.20. The van der Waals surface area contributed by atoms with Crippen molar-refractivity contribution in [2.45, 2.75) is 0 Å². The van der Waals surface area contributed by atoms with Crippen LogP contribution >= 0.6 is 8.60 Å². The standard InChI is InChI=1S/C5H12NO3P/c1-6-2-3-7-10-8-4-5-9-10/h6H,2-5H2,1H3. The molecule has 0 aromatic rings. The number of hydrogen-bond acceptors (Lipinski definition) is 4. The van der Waals surface area contributed by atoms with Gasteiger partial charge in [0.2, 0.25) is 0 Å². The molecular formula is C5H12NO3P. The Bertz CT molecular complexity index is 87.0. The number of likely N-dealkylation sites (N-methyl/N-ethyl adjacent to an activating group) is 1. The molecule has 10 heavy (non-hydrogen) atoms. The molecule has 1 aliphatic rings. The molecule has 1 heterocycles. The Morgan fingerprint density at radius 2 is 2.20 bits per heavy atom. The van der Waals surface area contributed by atoms with Gasteiger partial charge in [-0.15, -0.1) is 0 Å². The summed E-state index contributed by atoms with van der Waals surface area (Å²) in [5.74, 6) is 0. The zero-order valence-corrected chi connectivity index (χ0v) is 6.89. The Hall–Kier alpha value is 0.270. The summed E-state index contributed by atoms with van der Waals surface area (Å²) in [7, 11) is 0.885. The van der Waals surface area contributed by atoms with E-state index in [1.807, 2.05) is 7.05 Å². The predicted molar refractivity (Wildman–Crippen MR) is 38.7 cm³/mol. The highest BCUT2D eigenvalue weighted by Crippen LogP contribution is 2.42. The minimum atomic E-state index is -0.997. The lowest BCUT2D eigenvalue weighted by atomic mass is 10.7. The summed E-state index contributed by atoms with van der Waals surface area (Å²) in [6.45, 7) is 2.84. The zero-order valence-electron chi connectivity index (χ0n) is 6.00. The SMILES string of the molecule is CNCCOP1OCCO1. The summed E-state index contributed by atoms with van der Waals surface area (Å²) in [6.07, 6.45) is 0. The quantitative estimate of drug-likeness (QED) is 0.486. The van der Waals surface area contributed by atoms with E-state index in [1.54, 1.807) is 0 Å². The molecule has 0 atom stereocenters. The van der Waals surface area contributed by atoms with E-state index in [4.69, 9.17) is 13.6 Å². The van der Waals surface area contributed by atoms with Crippen molar-refractivity contribution in [2.75, 3.05) is 33.4 Å². The molecule has 0 aliphatic carbocycles. The summed E-state index contributed by atoms with van der Waals surface area (Å²) in [4.78, 5) is 0. The Balaban J connectivity index is 1.91. The Kier molecular flexibility index (Phi) is 4.18. The van der Waals surface area contributed by atoms with Crippen molar-refractivity contribution >= 4 is 8.60 Å². The molecule has 0 amide bonds. The minimum Gasteiger partial charge on any atom is -0.317 e. The van der Waals surface area contributed by atoms with Crippen molar-refractivity contribution in [1.82, 2.24) is 5.32 Å². The fraction of sp³-hybridized carbons (Fsp3) is 1.00. The second kappa shape index (κ2) is 4.99. The van der Waals surface area contributed by atoms with Crippen LogP contribution < -0.4 is 5.32 Å². The van der Waals surface area contributed by atoms with Crippen molar-refractivity contribution in [3.05, 3.63) is 0 Å². The summed E-state index contributed by atoms with van der Waals surface area (Å²) in [5.41, 5.74) is 0.